The van der Waals surface area contributed by atoms with Gasteiger partial charge in [-0.25, -0.2) is 0 Å². The fourth-order valence-electron chi connectivity index (χ4n) is 8.55. The standard InChI is InChI=1S/C48H62BN8O6/c50-39-21-33-56(34-22-39)31-11-17-41(54-45(60)47(25-7-8-26-47)43(58)52-29-19-37-13-3-1-4-14-37)62-49-63-42(18-12-32-57-35-23-40(51)24-36-57)55-46(61)48(27-9-10-28-48)44(59)53-30-20-38-15-5-2-6-16-38/h1-6,13-16,21-24,33-36,41-42,50-51H,7-12,17-20,25-32H2,(H,52,58)(H,53,59)(H,54,60)(H,55,61). The Kier molecular flexibility index (Phi) is 17.5. The summed E-state index contributed by atoms with van der Waals surface area (Å²) in [6.07, 6.45) is 13.5. The Bertz CT molecular complexity index is 2010. The number of carbonyl (C=O) groups is 4. The number of carbonyl (C=O) groups excluding carboxylic acids is 4. The van der Waals surface area contributed by atoms with E-state index >= 15 is 0 Å². The van der Waals surface area contributed by atoms with Gasteiger partial charge in [-0.3, -0.25) is 19.2 Å². The monoisotopic (exact) mass is 857 g/mol. The molecule has 6 N–H and O–H groups in total. The van der Waals surface area contributed by atoms with Crippen LogP contribution in [0.1, 0.15) is 88.2 Å². The zero-order valence-electron chi connectivity index (χ0n) is 36.2. The molecule has 2 aliphatic rings. The summed E-state index contributed by atoms with van der Waals surface area (Å²) in [7, 11) is 1.16. The summed E-state index contributed by atoms with van der Waals surface area (Å²) >= 11 is 0. The van der Waals surface area contributed by atoms with Crippen molar-refractivity contribution >= 4 is 31.3 Å². The second-order valence-electron chi connectivity index (χ2n) is 16.8. The number of hydrogen-bond acceptors (Lipinski definition) is 8. The predicted molar refractivity (Wildman–Crippen MR) is 239 cm³/mol. The molecule has 6 rings (SSSR count). The number of hydrogen-bond donors (Lipinski definition) is 6. The highest BCUT2D eigenvalue weighted by Gasteiger charge is 2.49. The van der Waals surface area contributed by atoms with Crippen molar-refractivity contribution < 1.29 is 28.5 Å². The van der Waals surface area contributed by atoms with Gasteiger partial charge in [-0.05, 0) is 99.6 Å². The van der Waals surface area contributed by atoms with E-state index in [1.165, 1.54) is 0 Å². The fourth-order valence-corrected chi connectivity index (χ4v) is 8.55. The van der Waals surface area contributed by atoms with E-state index in [9.17, 15) is 19.2 Å². The van der Waals surface area contributed by atoms with Crippen molar-refractivity contribution in [3.63, 3.8) is 0 Å². The van der Waals surface area contributed by atoms with E-state index in [4.69, 9.17) is 20.1 Å². The summed E-state index contributed by atoms with van der Waals surface area (Å²) in [5.74, 6) is -1.38. The topological polar surface area (TPSA) is 192 Å². The van der Waals surface area contributed by atoms with Crippen molar-refractivity contribution in [3.05, 3.63) is 132 Å². The van der Waals surface area contributed by atoms with Gasteiger partial charge in [0.1, 0.15) is 23.3 Å². The lowest BCUT2D eigenvalue weighted by Gasteiger charge is -2.31. The lowest BCUT2D eigenvalue weighted by Crippen LogP contribution is -2.54. The van der Waals surface area contributed by atoms with E-state index in [1.807, 2.05) is 94.6 Å². The van der Waals surface area contributed by atoms with Gasteiger partial charge in [0.25, 0.3) is 0 Å². The summed E-state index contributed by atoms with van der Waals surface area (Å²) in [6, 6.07) is 26.6. The molecule has 0 aliphatic heterocycles. The van der Waals surface area contributed by atoms with Crippen LogP contribution in [0.4, 0.5) is 0 Å². The molecule has 333 valence electrons. The fraction of sp³-hybridized carbons (Fsp3) is 0.458. The molecule has 2 aliphatic carbocycles. The summed E-state index contributed by atoms with van der Waals surface area (Å²) in [5.41, 5.74) is -0.278. The van der Waals surface area contributed by atoms with Gasteiger partial charge in [-0.2, -0.15) is 0 Å². The third-order valence-electron chi connectivity index (χ3n) is 12.3. The average molecular weight is 858 g/mol. The van der Waals surface area contributed by atoms with Crippen LogP contribution in [0, 0.1) is 21.6 Å². The van der Waals surface area contributed by atoms with Gasteiger partial charge < -0.3 is 50.5 Å². The van der Waals surface area contributed by atoms with Crippen molar-refractivity contribution in [1.82, 2.24) is 30.4 Å². The summed E-state index contributed by atoms with van der Waals surface area (Å²) in [4.78, 5) is 56.0. The molecule has 0 bridgehead atoms. The minimum atomic E-state index is -1.23. The number of nitrogens with zero attached hydrogens (tertiary/aromatic N) is 2. The first-order chi connectivity index (χ1) is 30.6. The molecule has 2 unspecified atom stereocenters. The number of pyridine rings is 2. The number of rotatable bonds is 24. The van der Waals surface area contributed by atoms with Gasteiger partial charge in [-0.15, -0.1) is 0 Å². The molecule has 14 nitrogen and oxygen atoms in total. The van der Waals surface area contributed by atoms with E-state index in [1.54, 1.807) is 24.3 Å². The van der Waals surface area contributed by atoms with Crippen LogP contribution in [0.25, 0.3) is 0 Å². The van der Waals surface area contributed by atoms with E-state index < -0.39 is 35.1 Å². The highest BCUT2D eigenvalue weighted by molar-refractivity contribution is 6.18. The van der Waals surface area contributed by atoms with Gasteiger partial charge >= 0.3 is 7.69 Å². The van der Waals surface area contributed by atoms with Gasteiger partial charge in [0.2, 0.25) is 23.6 Å². The van der Waals surface area contributed by atoms with Crippen LogP contribution in [0.15, 0.2) is 110 Å². The van der Waals surface area contributed by atoms with E-state index in [0.717, 1.165) is 44.5 Å². The molecule has 1 radical (unpaired) electrons. The highest BCUT2D eigenvalue weighted by Crippen LogP contribution is 2.40. The second-order valence-corrected chi connectivity index (χ2v) is 16.8. The minimum absolute atomic E-state index is 0.290. The van der Waals surface area contributed by atoms with E-state index in [-0.39, 0.29) is 11.8 Å². The first-order valence-electron chi connectivity index (χ1n) is 22.5. The lowest BCUT2D eigenvalue weighted by molar-refractivity contribution is -0.146. The molecule has 2 aromatic heterocycles. The van der Waals surface area contributed by atoms with Crippen LogP contribution in [0.3, 0.4) is 0 Å². The Hall–Kier alpha value is -5.80. The Balaban J connectivity index is 1.12. The van der Waals surface area contributed by atoms with Crippen LogP contribution >= 0.6 is 0 Å². The Morgan fingerprint density at radius 3 is 1.29 bits per heavy atom. The maximum atomic E-state index is 14.2. The maximum Gasteiger partial charge on any atom is 0.491 e. The molecule has 0 spiro atoms. The Morgan fingerprint density at radius 1 is 0.556 bits per heavy atom. The number of aryl methyl sites for hydroxylation is 2. The van der Waals surface area contributed by atoms with Crippen molar-refractivity contribution in [2.45, 2.75) is 115 Å². The van der Waals surface area contributed by atoms with Crippen molar-refractivity contribution in [1.29, 1.82) is 10.8 Å². The maximum absolute atomic E-state index is 14.2. The number of benzene rings is 2. The predicted octanol–water partition coefficient (Wildman–Crippen LogP) is 4.80. The zero-order chi connectivity index (χ0) is 44.3. The number of amides is 4. The van der Waals surface area contributed by atoms with Crippen LogP contribution in [0.5, 0.6) is 0 Å². The largest absolute Gasteiger partial charge is 0.491 e. The van der Waals surface area contributed by atoms with Gasteiger partial charge in [0.05, 0.1) is 10.7 Å². The molecule has 63 heavy (non-hydrogen) atoms. The lowest BCUT2D eigenvalue weighted by atomic mass is 9.83. The number of nitrogens with one attached hydrogen (secondary N) is 6. The van der Waals surface area contributed by atoms with Crippen LogP contribution in [-0.4, -0.2) is 66.0 Å². The van der Waals surface area contributed by atoms with Crippen LogP contribution in [-0.2, 0) is 54.4 Å². The molecule has 2 heterocycles. The normalized spacial score (nSPS) is 16.1. The molecule has 0 saturated heterocycles. The molecule has 4 aromatic rings. The highest BCUT2D eigenvalue weighted by atomic mass is 16.6. The summed E-state index contributed by atoms with van der Waals surface area (Å²) < 4.78 is 16.2. The SMILES string of the molecule is N=c1ccn(CCCC(NC(=O)C2(C(=O)NCCc3ccccc3)CCCC2)O[B]OC(CCCn2ccc(=N)cc2)NC(=O)C2(C(=O)NCCc3ccccc3)CCCC2)cc1. The Labute approximate surface area is 370 Å². The molecule has 15 heteroatoms. The molecular formula is C48H62BN8O6. The van der Waals surface area contributed by atoms with Crippen LogP contribution < -0.4 is 32.0 Å². The molecule has 2 atom stereocenters. The third-order valence-corrected chi connectivity index (χ3v) is 12.3. The average Bonchev–Trinajstić information content (AvgIpc) is 4.01. The first-order valence-corrected chi connectivity index (χ1v) is 22.5. The summed E-state index contributed by atoms with van der Waals surface area (Å²) in [6.45, 7) is 2.00. The molecular weight excluding hydrogens is 795 g/mol. The second kappa shape index (κ2) is 23.6. The molecule has 4 amide bonds. The molecule has 2 saturated carbocycles. The third kappa shape index (κ3) is 13.6. The van der Waals surface area contributed by atoms with Crippen LogP contribution in [0.2, 0.25) is 0 Å². The minimum Gasteiger partial charge on any atom is -0.393 e. The van der Waals surface area contributed by atoms with Crippen molar-refractivity contribution in [3.8, 4) is 0 Å². The molecule has 2 fully saturated rings. The molecule has 2 aromatic carbocycles. The smallest absolute Gasteiger partial charge is 0.393 e. The Morgan fingerprint density at radius 2 is 0.921 bits per heavy atom. The summed E-state index contributed by atoms with van der Waals surface area (Å²) in [5, 5.41) is 28.6. The quantitative estimate of drug-likeness (QED) is 0.0333. The van der Waals surface area contributed by atoms with Crippen molar-refractivity contribution in [2.24, 2.45) is 10.8 Å². The van der Waals surface area contributed by atoms with Gasteiger partial charge in [-0.1, -0.05) is 86.3 Å². The number of aromatic nitrogens is 2. The van der Waals surface area contributed by atoms with Gasteiger partial charge in [0.15, 0.2) is 0 Å². The van der Waals surface area contributed by atoms with E-state index in [2.05, 4.69) is 21.3 Å². The van der Waals surface area contributed by atoms with Crippen molar-refractivity contribution in [2.75, 3.05) is 13.1 Å². The van der Waals surface area contributed by atoms with Gasteiger partial charge in [0, 0.05) is 51.0 Å². The zero-order valence-corrected chi connectivity index (χ0v) is 36.2. The van der Waals surface area contributed by atoms with E-state index in [0.29, 0.717) is 101 Å². The first kappa shape index (κ1) is 46.7.